The van der Waals surface area contributed by atoms with Crippen molar-refractivity contribution in [2.75, 3.05) is 19.6 Å². The highest BCUT2D eigenvalue weighted by atomic mass is 32.2. The summed E-state index contributed by atoms with van der Waals surface area (Å²) in [4.78, 5) is 15.0. The molecule has 1 aromatic rings. The van der Waals surface area contributed by atoms with E-state index in [4.69, 9.17) is 0 Å². The Morgan fingerprint density at radius 2 is 1.93 bits per heavy atom. The van der Waals surface area contributed by atoms with Crippen LogP contribution in [0.15, 0.2) is 29.2 Å². The summed E-state index contributed by atoms with van der Waals surface area (Å²) in [5.74, 6) is 0.529. The van der Waals surface area contributed by atoms with Crippen molar-refractivity contribution in [2.24, 2.45) is 5.92 Å². The summed E-state index contributed by atoms with van der Waals surface area (Å²) in [5, 5.41) is 2.96. The molecule has 0 aromatic heterocycles. The second-order valence-electron chi connectivity index (χ2n) is 7.76. The quantitative estimate of drug-likeness (QED) is 0.709. The van der Waals surface area contributed by atoms with Crippen molar-refractivity contribution in [1.82, 2.24) is 14.9 Å². The highest BCUT2D eigenvalue weighted by molar-refractivity contribution is 7.89. The predicted octanol–water partition coefficient (Wildman–Crippen LogP) is 2.61. The minimum absolute atomic E-state index is 0.128. The van der Waals surface area contributed by atoms with Gasteiger partial charge in [-0.25, -0.2) is 13.1 Å². The molecule has 0 bridgehead atoms. The molecule has 7 heteroatoms. The molecule has 0 saturated carbocycles. The van der Waals surface area contributed by atoms with Crippen LogP contribution in [0.5, 0.6) is 0 Å². The number of nitrogens with one attached hydrogen (secondary N) is 2. The van der Waals surface area contributed by atoms with Crippen molar-refractivity contribution in [3.8, 4) is 0 Å². The van der Waals surface area contributed by atoms with Gasteiger partial charge in [0.05, 0.1) is 4.90 Å². The third-order valence-electron chi connectivity index (χ3n) is 5.27. The molecule has 6 nitrogen and oxygen atoms in total. The Kier molecular flexibility index (Phi) is 7.82. The van der Waals surface area contributed by atoms with Gasteiger partial charge in [-0.15, -0.1) is 0 Å². The highest BCUT2D eigenvalue weighted by Crippen LogP contribution is 2.17. The lowest BCUT2D eigenvalue weighted by atomic mass is 9.99. The van der Waals surface area contributed by atoms with Gasteiger partial charge in [-0.2, -0.15) is 0 Å². The van der Waals surface area contributed by atoms with Gasteiger partial charge in [0.15, 0.2) is 0 Å². The number of amides is 1. The van der Waals surface area contributed by atoms with E-state index in [1.807, 2.05) is 13.8 Å². The maximum absolute atomic E-state index is 12.4. The molecule has 2 N–H and O–H groups in total. The van der Waals surface area contributed by atoms with Crippen molar-refractivity contribution in [3.63, 3.8) is 0 Å². The summed E-state index contributed by atoms with van der Waals surface area (Å²) in [5.41, 5.74) is 0.469. The second-order valence-corrected chi connectivity index (χ2v) is 9.47. The zero-order valence-electron chi connectivity index (χ0n) is 16.9. The van der Waals surface area contributed by atoms with Crippen LogP contribution in [0.3, 0.4) is 0 Å². The predicted molar refractivity (Wildman–Crippen MR) is 108 cm³/mol. The molecule has 1 aliphatic heterocycles. The smallest absolute Gasteiger partial charge is 0.251 e. The lowest BCUT2D eigenvalue weighted by Crippen LogP contribution is -2.46. The first-order chi connectivity index (χ1) is 12.7. The Balaban J connectivity index is 1.91. The van der Waals surface area contributed by atoms with E-state index in [1.165, 1.54) is 25.0 Å². The van der Waals surface area contributed by atoms with Crippen molar-refractivity contribution in [2.45, 2.75) is 63.9 Å². The molecule has 0 aliphatic carbocycles. The summed E-state index contributed by atoms with van der Waals surface area (Å²) in [6, 6.07) is 6.25. The highest BCUT2D eigenvalue weighted by Gasteiger charge is 2.21. The van der Waals surface area contributed by atoms with Crippen LogP contribution < -0.4 is 10.0 Å². The number of likely N-dealkylation sites (tertiary alicyclic amines) is 1. The Hall–Kier alpha value is -1.44. The Bertz CT molecular complexity index is 718. The van der Waals surface area contributed by atoms with Crippen molar-refractivity contribution < 1.29 is 13.2 Å². The number of sulfonamides is 1. The van der Waals surface area contributed by atoms with Crippen LogP contribution in [0.1, 0.15) is 57.3 Å². The molecule has 3 atom stereocenters. The molecular weight excluding hydrogens is 362 g/mol. The van der Waals surface area contributed by atoms with Gasteiger partial charge in [0.2, 0.25) is 10.0 Å². The third kappa shape index (κ3) is 6.30. The molecule has 0 spiro atoms. The molecule has 1 amide bonds. The molecule has 152 valence electrons. The Labute approximate surface area is 163 Å². The van der Waals surface area contributed by atoms with E-state index in [0.29, 0.717) is 24.4 Å². The average molecular weight is 396 g/mol. The summed E-state index contributed by atoms with van der Waals surface area (Å²) < 4.78 is 27.2. The van der Waals surface area contributed by atoms with Gasteiger partial charge in [-0.05, 0) is 69.8 Å². The average Bonchev–Trinajstić information content (AvgIpc) is 2.65. The standard InChI is InChI=1S/C20H33N3O3S/c1-5-16(3)22-27(25,26)19-10-8-18(9-11-19)20(24)21-13-17(4)23-12-6-7-15(2)14-23/h8-11,15-17,22H,5-7,12-14H2,1-4H3,(H,21,24). The molecule has 2 rings (SSSR count). The second kappa shape index (κ2) is 9.66. The fraction of sp³-hybridized carbons (Fsp3) is 0.650. The molecule has 1 aliphatic rings. The van der Waals surface area contributed by atoms with Gasteiger partial charge in [0, 0.05) is 30.7 Å². The van der Waals surface area contributed by atoms with Gasteiger partial charge in [-0.1, -0.05) is 13.8 Å². The number of benzene rings is 1. The number of hydrogen-bond acceptors (Lipinski definition) is 4. The van der Waals surface area contributed by atoms with E-state index in [1.54, 1.807) is 12.1 Å². The van der Waals surface area contributed by atoms with Gasteiger partial charge in [0.25, 0.3) is 5.91 Å². The maximum atomic E-state index is 12.4. The van der Waals surface area contributed by atoms with Crippen LogP contribution in [-0.2, 0) is 10.0 Å². The number of nitrogens with zero attached hydrogens (tertiary/aromatic N) is 1. The van der Waals surface area contributed by atoms with Gasteiger partial charge in [-0.3, -0.25) is 9.69 Å². The van der Waals surface area contributed by atoms with E-state index in [9.17, 15) is 13.2 Å². The van der Waals surface area contributed by atoms with Gasteiger partial charge >= 0.3 is 0 Å². The number of carbonyl (C=O) groups is 1. The molecule has 1 saturated heterocycles. The Morgan fingerprint density at radius 3 is 2.52 bits per heavy atom. The minimum atomic E-state index is -3.55. The first-order valence-corrected chi connectivity index (χ1v) is 11.4. The van der Waals surface area contributed by atoms with Crippen molar-refractivity contribution in [3.05, 3.63) is 29.8 Å². The monoisotopic (exact) mass is 395 g/mol. The van der Waals surface area contributed by atoms with E-state index in [-0.39, 0.29) is 22.9 Å². The first kappa shape index (κ1) is 21.9. The van der Waals surface area contributed by atoms with Crippen LogP contribution in [0.2, 0.25) is 0 Å². The lowest BCUT2D eigenvalue weighted by Gasteiger charge is -2.35. The van der Waals surface area contributed by atoms with Crippen LogP contribution >= 0.6 is 0 Å². The minimum Gasteiger partial charge on any atom is -0.350 e. The number of rotatable bonds is 8. The van der Waals surface area contributed by atoms with E-state index in [0.717, 1.165) is 13.1 Å². The normalized spacial score (nSPS) is 20.8. The molecule has 1 fully saturated rings. The van der Waals surface area contributed by atoms with Crippen molar-refractivity contribution >= 4 is 15.9 Å². The van der Waals surface area contributed by atoms with Crippen LogP contribution in [0.25, 0.3) is 0 Å². The van der Waals surface area contributed by atoms with E-state index in [2.05, 4.69) is 28.8 Å². The number of hydrogen-bond donors (Lipinski definition) is 2. The molecule has 3 unspecified atom stereocenters. The van der Waals surface area contributed by atoms with Crippen LogP contribution in [0.4, 0.5) is 0 Å². The van der Waals surface area contributed by atoms with Crippen molar-refractivity contribution in [1.29, 1.82) is 0 Å². The van der Waals surface area contributed by atoms with E-state index < -0.39 is 10.0 Å². The maximum Gasteiger partial charge on any atom is 0.251 e. The molecule has 1 heterocycles. The summed E-state index contributed by atoms with van der Waals surface area (Å²) in [6.07, 6.45) is 3.20. The topological polar surface area (TPSA) is 78.5 Å². The van der Waals surface area contributed by atoms with Crippen LogP contribution in [-0.4, -0.2) is 50.9 Å². The molecular formula is C20H33N3O3S. The zero-order valence-corrected chi connectivity index (χ0v) is 17.7. The first-order valence-electron chi connectivity index (χ1n) is 9.87. The summed E-state index contributed by atoms with van der Waals surface area (Å²) in [6.45, 7) is 10.9. The largest absolute Gasteiger partial charge is 0.350 e. The molecule has 0 radical (unpaired) electrons. The van der Waals surface area contributed by atoms with E-state index >= 15 is 0 Å². The number of carbonyl (C=O) groups excluding carboxylic acids is 1. The zero-order chi connectivity index (χ0) is 20.0. The SMILES string of the molecule is CCC(C)NS(=O)(=O)c1ccc(C(=O)NCC(C)N2CCCC(C)C2)cc1. The Morgan fingerprint density at radius 1 is 1.26 bits per heavy atom. The lowest BCUT2D eigenvalue weighted by molar-refractivity contribution is 0.0917. The molecule has 1 aromatic carbocycles. The fourth-order valence-corrected chi connectivity index (χ4v) is 4.63. The molecule has 27 heavy (non-hydrogen) atoms. The summed E-state index contributed by atoms with van der Waals surface area (Å²) in [7, 11) is -3.55. The summed E-state index contributed by atoms with van der Waals surface area (Å²) >= 11 is 0. The fourth-order valence-electron chi connectivity index (χ4n) is 3.30. The third-order valence-corrected chi connectivity index (χ3v) is 6.87. The van der Waals surface area contributed by atoms with Gasteiger partial charge in [0.1, 0.15) is 0 Å². The number of piperidine rings is 1. The van der Waals surface area contributed by atoms with Gasteiger partial charge < -0.3 is 5.32 Å². The van der Waals surface area contributed by atoms with Crippen LogP contribution in [0, 0.1) is 5.92 Å².